The summed E-state index contributed by atoms with van der Waals surface area (Å²) < 4.78 is 6.28. The van der Waals surface area contributed by atoms with Crippen molar-refractivity contribution < 1.29 is 14.3 Å². The topological polar surface area (TPSA) is 67.4 Å². The van der Waals surface area contributed by atoms with E-state index >= 15 is 0 Å². The fourth-order valence-corrected chi connectivity index (χ4v) is 3.03. The van der Waals surface area contributed by atoms with Crippen LogP contribution in [0.5, 0.6) is 5.75 Å². The summed E-state index contributed by atoms with van der Waals surface area (Å²) >= 11 is 3.49. The zero-order chi connectivity index (χ0) is 16.4. The smallest absolute Gasteiger partial charge is 0.262 e. The standard InChI is InChI=1S/C17H15BrN2O3/c1-10(12-4-2-3-5-13(12)18)19-17(22)11-6-7-14-15(8-11)23-9-16(21)20-14/h2-8,10H,9H2,1H3,(H,19,22)(H,20,21)/t10-/m1/s1. The lowest BCUT2D eigenvalue weighted by Gasteiger charge is -2.19. The molecule has 0 aromatic heterocycles. The Morgan fingerprint density at radius 1 is 1.30 bits per heavy atom. The van der Waals surface area contributed by atoms with Gasteiger partial charge >= 0.3 is 0 Å². The maximum Gasteiger partial charge on any atom is 0.262 e. The van der Waals surface area contributed by atoms with Crippen molar-refractivity contribution in [1.82, 2.24) is 5.32 Å². The number of halogens is 1. The van der Waals surface area contributed by atoms with Crippen molar-refractivity contribution in [2.24, 2.45) is 0 Å². The molecule has 2 amide bonds. The number of carbonyl (C=O) groups excluding carboxylic acids is 2. The van der Waals surface area contributed by atoms with E-state index in [1.165, 1.54) is 0 Å². The molecule has 1 aliphatic rings. The van der Waals surface area contributed by atoms with Crippen LogP contribution in [0.15, 0.2) is 46.9 Å². The van der Waals surface area contributed by atoms with Crippen LogP contribution in [0.1, 0.15) is 28.9 Å². The molecule has 2 aromatic carbocycles. The van der Waals surface area contributed by atoms with E-state index in [1.807, 2.05) is 31.2 Å². The van der Waals surface area contributed by atoms with E-state index < -0.39 is 0 Å². The molecule has 5 nitrogen and oxygen atoms in total. The van der Waals surface area contributed by atoms with Gasteiger partial charge in [-0.05, 0) is 36.8 Å². The van der Waals surface area contributed by atoms with Crippen LogP contribution >= 0.6 is 15.9 Å². The zero-order valence-electron chi connectivity index (χ0n) is 12.4. The van der Waals surface area contributed by atoms with Gasteiger partial charge in [-0.3, -0.25) is 9.59 Å². The lowest BCUT2D eigenvalue weighted by Crippen LogP contribution is -2.28. The molecule has 1 aliphatic heterocycles. The summed E-state index contributed by atoms with van der Waals surface area (Å²) in [6, 6.07) is 12.6. The second kappa shape index (κ2) is 6.42. The molecule has 0 aliphatic carbocycles. The second-order valence-electron chi connectivity index (χ2n) is 5.26. The van der Waals surface area contributed by atoms with Gasteiger partial charge in [0.05, 0.1) is 11.7 Å². The lowest BCUT2D eigenvalue weighted by molar-refractivity contribution is -0.118. The number of hydrogen-bond donors (Lipinski definition) is 2. The van der Waals surface area contributed by atoms with Gasteiger partial charge in [0, 0.05) is 10.0 Å². The summed E-state index contributed by atoms with van der Waals surface area (Å²) in [6.45, 7) is 1.89. The Kier molecular flexibility index (Phi) is 4.34. The Labute approximate surface area is 142 Å². The predicted molar refractivity (Wildman–Crippen MR) is 90.6 cm³/mol. The number of carbonyl (C=O) groups is 2. The molecule has 2 aromatic rings. The summed E-state index contributed by atoms with van der Waals surface area (Å²) in [7, 11) is 0. The molecule has 23 heavy (non-hydrogen) atoms. The Bertz CT molecular complexity index is 776. The molecule has 0 radical (unpaired) electrons. The first-order valence-corrected chi connectivity index (χ1v) is 7.96. The van der Waals surface area contributed by atoms with Crippen LogP contribution in [0.4, 0.5) is 5.69 Å². The molecule has 0 spiro atoms. The highest BCUT2D eigenvalue weighted by Gasteiger charge is 2.19. The fourth-order valence-electron chi connectivity index (χ4n) is 2.40. The van der Waals surface area contributed by atoms with Crippen molar-refractivity contribution in [2.75, 3.05) is 11.9 Å². The Morgan fingerprint density at radius 3 is 2.87 bits per heavy atom. The number of nitrogens with one attached hydrogen (secondary N) is 2. The van der Waals surface area contributed by atoms with Crippen molar-refractivity contribution in [3.05, 3.63) is 58.1 Å². The fraction of sp³-hybridized carbons (Fsp3) is 0.176. The maximum absolute atomic E-state index is 12.4. The van der Waals surface area contributed by atoms with Gasteiger partial charge in [-0.2, -0.15) is 0 Å². The third kappa shape index (κ3) is 3.37. The molecule has 118 valence electrons. The largest absolute Gasteiger partial charge is 0.482 e. The van der Waals surface area contributed by atoms with Gasteiger partial charge in [-0.25, -0.2) is 0 Å². The maximum atomic E-state index is 12.4. The number of amides is 2. The first-order chi connectivity index (χ1) is 11.0. The quantitative estimate of drug-likeness (QED) is 0.866. The molecule has 6 heteroatoms. The van der Waals surface area contributed by atoms with E-state index in [4.69, 9.17) is 4.74 Å². The molecule has 0 bridgehead atoms. The summed E-state index contributed by atoms with van der Waals surface area (Å²) in [5.74, 6) is 0.111. The average Bonchev–Trinajstić information content (AvgIpc) is 2.54. The van der Waals surface area contributed by atoms with Crippen LogP contribution in [0.3, 0.4) is 0 Å². The van der Waals surface area contributed by atoms with E-state index in [0.29, 0.717) is 17.0 Å². The molecule has 1 atom stereocenters. The highest BCUT2D eigenvalue weighted by Crippen LogP contribution is 2.29. The summed E-state index contributed by atoms with van der Waals surface area (Å²) in [4.78, 5) is 23.7. The molecule has 0 fully saturated rings. The monoisotopic (exact) mass is 374 g/mol. The SMILES string of the molecule is C[C@@H](NC(=O)c1ccc2c(c1)OCC(=O)N2)c1ccccc1Br. The van der Waals surface area contributed by atoms with Crippen LogP contribution in [0, 0.1) is 0 Å². The van der Waals surface area contributed by atoms with Crippen LogP contribution in [0.2, 0.25) is 0 Å². The minimum Gasteiger partial charge on any atom is -0.482 e. The molecular weight excluding hydrogens is 360 g/mol. The van der Waals surface area contributed by atoms with Gasteiger partial charge in [0.15, 0.2) is 6.61 Å². The van der Waals surface area contributed by atoms with Crippen LogP contribution in [0.25, 0.3) is 0 Å². The Balaban J connectivity index is 1.76. The highest BCUT2D eigenvalue weighted by atomic mass is 79.9. The third-order valence-electron chi connectivity index (χ3n) is 3.60. The van der Waals surface area contributed by atoms with Gasteiger partial charge in [0.2, 0.25) is 0 Å². The van der Waals surface area contributed by atoms with Gasteiger partial charge < -0.3 is 15.4 Å². The minimum atomic E-state index is -0.198. The zero-order valence-corrected chi connectivity index (χ0v) is 14.0. The Morgan fingerprint density at radius 2 is 2.09 bits per heavy atom. The number of benzene rings is 2. The van der Waals surface area contributed by atoms with Gasteiger partial charge in [0.25, 0.3) is 11.8 Å². The van der Waals surface area contributed by atoms with Gasteiger partial charge in [0.1, 0.15) is 5.75 Å². The first kappa shape index (κ1) is 15.6. The molecule has 0 unspecified atom stereocenters. The van der Waals surface area contributed by atoms with Gasteiger partial charge in [-0.15, -0.1) is 0 Å². The van der Waals surface area contributed by atoms with E-state index in [2.05, 4.69) is 26.6 Å². The average molecular weight is 375 g/mol. The Hall–Kier alpha value is -2.34. The van der Waals surface area contributed by atoms with E-state index in [1.54, 1.807) is 18.2 Å². The van der Waals surface area contributed by atoms with Crippen LogP contribution in [-0.4, -0.2) is 18.4 Å². The normalized spacial score (nSPS) is 14.3. The second-order valence-corrected chi connectivity index (χ2v) is 6.12. The number of ether oxygens (including phenoxy) is 1. The molecule has 0 saturated heterocycles. The summed E-state index contributed by atoms with van der Waals surface area (Å²) in [6.07, 6.45) is 0. The molecule has 3 rings (SSSR count). The summed E-state index contributed by atoms with van der Waals surface area (Å²) in [5, 5.41) is 5.66. The summed E-state index contributed by atoms with van der Waals surface area (Å²) in [5.41, 5.74) is 2.07. The molecular formula is C17H15BrN2O3. The van der Waals surface area contributed by atoms with Crippen LogP contribution in [-0.2, 0) is 4.79 Å². The van der Waals surface area contributed by atoms with Crippen molar-refractivity contribution in [3.8, 4) is 5.75 Å². The van der Waals surface area contributed by atoms with Gasteiger partial charge in [-0.1, -0.05) is 34.1 Å². The highest BCUT2D eigenvalue weighted by molar-refractivity contribution is 9.10. The van der Waals surface area contributed by atoms with Crippen molar-refractivity contribution >= 4 is 33.4 Å². The predicted octanol–water partition coefficient (Wildman–Crippen LogP) is 3.27. The first-order valence-electron chi connectivity index (χ1n) is 7.16. The van der Waals surface area contributed by atoms with Crippen LogP contribution < -0.4 is 15.4 Å². The number of anilines is 1. The van der Waals surface area contributed by atoms with E-state index in [9.17, 15) is 9.59 Å². The van der Waals surface area contributed by atoms with Crippen molar-refractivity contribution in [3.63, 3.8) is 0 Å². The minimum absolute atomic E-state index is 0.0363. The third-order valence-corrected chi connectivity index (χ3v) is 4.32. The molecule has 0 saturated carbocycles. The lowest BCUT2D eigenvalue weighted by atomic mass is 10.1. The molecule has 2 N–H and O–H groups in total. The van der Waals surface area contributed by atoms with E-state index in [0.717, 1.165) is 10.0 Å². The van der Waals surface area contributed by atoms with E-state index in [-0.39, 0.29) is 24.5 Å². The number of rotatable bonds is 3. The van der Waals surface area contributed by atoms with Crippen molar-refractivity contribution in [1.29, 1.82) is 0 Å². The number of hydrogen-bond acceptors (Lipinski definition) is 3. The van der Waals surface area contributed by atoms with Crippen molar-refractivity contribution in [2.45, 2.75) is 13.0 Å². The molecule has 1 heterocycles. The number of fused-ring (bicyclic) bond motifs is 1.